The van der Waals surface area contributed by atoms with Crippen LogP contribution in [-0.2, 0) is 6.54 Å². The molecular formula is C20H29N5. The fourth-order valence-corrected chi connectivity index (χ4v) is 3.58. The number of aromatic nitrogens is 1. The van der Waals surface area contributed by atoms with Crippen LogP contribution in [0.4, 0.5) is 0 Å². The van der Waals surface area contributed by atoms with Crippen LogP contribution >= 0.6 is 0 Å². The Morgan fingerprint density at radius 1 is 1.24 bits per heavy atom. The molecular weight excluding hydrogens is 310 g/mol. The minimum Gasteiger partial charge on any atom is -0.383 e. The van der Waals surface area contributed by atoms with Crippen molar-refractivity contribution in [3.05, 3.63) is 35.5 Å². The van der Waals surface area contributed by atoms with Gasteiger partial charge in [0.1, 0.15) is 12.2 Å². The Balaban J connectivity index is 1.93. The molecule has 0 radical (unpaired) electrons. The average molecular weight is 339 g/mol. The molecule has 0 aliphatic carbocycles. The summed E-state index contributed by atoms with van der Waals surface area (Å²) < 4.78 is 2.40. The quantitative estimate of drug-likeness (QED) is 0.649. The Labute approximate surface area is 150 Å². The minimum atomic E-state index is 0.473. The maximum absolute atomic E-state index is 6.09. The lowest BCUT2D eigenvalue weighted by atomic mass is 10.0. The van der Waals surface area contributed by atoms with E-state index in [1.165, 1.54) is 48.7 Å². The number of fused-ring (bicyclic) bond motifs is 1. The van der Waals surface area contributed by atoms with Crippen molar-refractivity contribution in [2.45, 2.75) is 39.2 Å². The van der Waals surface area contributed by atoms with Crippen molar-refractivity contribution >= 4 is 23.1 Å². The van der Waals surface area contributed by atoms with Gasteiger partial charge in [0, 0.05) is 42.8 Å². The molecule has 2 heterocycles. The topological polar surface area (TPSA) is 58.9 Å². The van der Waals surface area contributed by atoms with Gasteiger partial charge in [-0.1, -0.05) is 13.8 Å². The van der Waals surface area contributed by atoms with Gasteiger partial charge in [-0.2, -0.15) is 0 Å². The normalized spacial score (nSPS) is 16.7. The monoisotopic (exact) mass is 339 g/mol. The van der Waals surface area contributed by atoms with Gasteiger partial charge in [-0.3, -0.25) is 4.99 Å². The van der Waals surface area contributed by atoms with E-state index in [-0.39, 0.29) is 0 Å². The highest BCUT2D eigenvalue weighted by molar-refractivity contribution is 6.04. The number of likely N-dealkylation sites (tertiary alicyclic amines) is 1. The van der Waals surface area contributed by atoms with Gasteiger partial charge in [0.25, 0.3) is 0 Å². The maximum atomic E-state index is 6.09. The maximum Gasteiger partial charge on any atom is 0.132 e. The average Bonchev–Trinajstić information content (AvgIpc) is 3.24. The van der Waals surface area contributed by atoms with E-state index in [0.29, 0.717) is 11.8 Å². The number of aliphatic imine (C=N–C) groups is 2. The standard InChI is InChI=1S/C20H29N5/c1-15(2)18-13-25(11-10-24-8-4-5-9-24)19-7-6-16(12-17(18)19)20(21)23-14-22-3/h6-7,12-15H,4-5,8-11H2,1-3H3,(H2,21,22,23). The Morgan fingerprint density at radius 2 is 2.00 bits per heavy atom. The highest BCUT2D eigenvalue weighted by atomic mass is 15.2. The van der Waals surface area contributed by atoms with E-state index < -0.39 is 0 Å². The Kier molecular flexibility index (Phi) is 5.53. The largest absolute Gasteiger partial charge is 0.383 e. The van der Waals surface area contributed by atoms with Crippen LogP contribution in [0.1, 0.15) is 43.7 Å². The number of amidine groups is 1. The first-order valence-electron chi connectivity index (χ1n) is 9.19. The fourth-order valence-electron chi connectivity index (χ4n) is 3.58. The molecule has 1 aliphatic heterocycles. The summed E-state index contributed by atoms with van der Waals surface area (Å²) in [4.78, 5) is 10.6. The second-order valence-electron chi connectivity index (χ2n) is 7.10. The van der Waals surface area contributed by atoms with E-state index in [4.69, 9.17) is 5.73 Å². The lowest BCUT2D eigenvalue weighted by Gasteiger charge is -2.15. The molecule has 1 aromatic carbocycles. The first-order valence-corrected chi connectivity index (χ1v) is 9.19. The summed E-state index contributed by atoms with van der Waals surface area (Å²) in [6.07, 6.45) is 6.49. The van der Waals surface area contributed by atoms with Crippen LogP contribution in [0.2, 0.25) is 0 Å². The van der Waals surface area contributed by atoms with Crippen molar-refractivity contribution in [2.75, 3.05) is 26.7 Å². The molecule has 0 spiro atoms. The molecule has 1 aromatic heterocycles. The Hall–Kier alpha value is -2.14. The molecule has 0 amide bonds. The van der Waals surface area contributed by atoms with Crippen molar-refractivity contribution in [1.29, 1.82) is 0 Å². The zero-order chi connectivity index (χ0) is 17.8. The molecule has 3 rings (SSSR count). The predicted octanol–water partition coefficient (Wildman–Crippen LogP) is 3.22. The van der Waals surface area contributed by atoms with E-state index in [0.717, 1.165) is 18.7 Å². The van der Waals surface area contributed by atoms with Crippen LogP contribution in [0.25, 0.3) is 10.9 Å². The lowest BCUT2D eigenvalue weighted by molar-refractivity contribution is 0.324. The van der Waals surface area contributed by atoms with Gasteiger partial charge in [0.05, 0.1) is 0 Å². The van der Waals surface area contributed by atoms with Crippen molar-refractivity contribution in [1.82, 2.24) is 9.47 Å². The second-order valence-corrected chi connectivity index (χ2v) is 7.10. The van der Waals surface area contributed by atoms with Crippen LogP contribution in [0.5, 0.6) is 0 Å². The van der Waals surface area contributed by atoms with Gasteiger partial charge in [-0.25, -0.2) is 4.99 Å². The molecule has 1 fully saturated rings. The van der Waals surface area contributed by atoms with Gasteiger partial charge in [-0.05, 0) is 55.6 Å². The number of nitrogens with two attached hydrogens (primary N) is 1. The summed E-state index contributed by atoms with van der Waals surface area (Å²) >= 11 is 0. The highest BCUT2D eigenvalue weighted by Crippen LogP contribution is 2.28. The molecule has 2 N–H and O–H groups in total. The third-order valence-corrected chi connectivity index (χ3v) is 5.00. The van der Waals surface area contributed by atoms with Crippen LogP contribution in [0, 0.1) is 0 Å². The van der Waals surface area contributed by atoms with Gasteiger partial charge >= 0.3 is 0 Å². The molecule has 1 aliphatic rings. The third-order valence-electron chi connectivity index (χ3n) is 5.00. The molecule has 134 valence electrons. The number of nitrogens with zero attached hydrogens (tertiary/aromatic N) is 4. The minimum absolute atomic E-state index is 0.473. The number of rotatable bonds is 6. The molecule has 1 saturated heterocycles. The third kappa shape index (κ3) is 3.93. The van der Waals surface area contributed by atoms with Gasteiger partial charge in [0.15, 0.2) is 0 Å². The first kappa shape index (κ1) is 17.7. The van der Waals surface area contributed by atoms with Gasteiger partial charge in [0.2, 0.25) is 0 Å². The first-order chi connectivity index (χ1) is 12.1. The van der Waals surface area contributed by atoms with E-state index in [1.54, 1.807) is 7.05 Å². The van der Waals surface area contributed by atoms with E-state index in [2.05, 4.69) is 57.7 Å². The second kappa shape index (κ2) is 7.83. The Bertz CT molecular complexity index is 779. The smallest absolute Gasteiger partial charge is 0.132 e. The molecule has 2 aromatic rings. The van der Waals surface area contributed by atoms with Gasteiger partial charge in [-0.15, -0.1) is 0 Å². The summed E-state index contributed by atoms with van der Waals surface area (Å²) in [7, 11) is 1.69. The number of hydrogen-bond acceptors (Lipinski definition) is 2. The Morgan fingerprint density at radius 3 is 2.68 bits per heavy atom. The van der Waals surface area contributed by atoms with Crippen LogP contribution in [0.15, 0.2) is 34.4 Å². The molecule has 5 nitrogen and oxygen atoms in total. The predicted molar refractivity (Wildman–Crippen MR) is 107 cm³/mol. The highest BCUT2D eigenvalue weighted by Gasteiger charge is 2.15. The molecule has 5 heteroatoms. The van der Waals surface area contributed by atoms with Crippen LogP contribution in [-0.4, -0.2) is 48.3 Å². The number of hydrogen-bond donors (Lipinski definition) is 1. The fraction of sp³-hybridized carbons (Fsp3) is 0.500. The van der Waals surface area contributed by atoms with Crippen molar-refractivity contribution < 1.29 is 0 Å². The summed E-state index contributed by atoms with van der Waals surface area (Å²) in [5, 5.41) is 1.28. The molecule has 0 unspecified atom stereocenters. The van der Waals surface area contributed by atoms with Gasteiger partial charge < -0.3 is 15.2 Å². The summed E-state index contributed by atoms with van der Waals surface area (Å²) in [6, 6.07) is 6.40. The number of benzene rings is 1. The van der Waals surface area contributed by atoms with Crippen molar-refractivity contribution in [3.63, 3.8) is 0 Å². The zero-order valence-electron chi connectivity index (χ0n) is 15.6. The molecule has 0 atom stereocenters. The molecule has 0 saturated carbocycles. The summed E-state index contributed by atoms with van der Waals surface area (Å²) in [5.41, 5.74) is 9.69. The molecule has 25 heavy (non-hydrogen) atoms. The van der Waals surface area contributed by atoms with Crippen LogP contribution in [0.3, 0.4) is 0 Å². The van der Waals surface area contributed by atoms with E-state index >= 15 is 0 Å². The van der Waals surface area contributed by atoms with Crippen molar-refractivity contribution in [3.8, 4) is 0 Å². The SMILES string of the molecule is CN=CN=C(N)c1ccc2c(c1)c(C(C)C)cn2CCN1CCCC1. The van der Waals surface area contributed by atoms with E-state index in [9.17, 15) is 0 Å². The lowest BCUT2D eigenvalue weighted by Crippen LogP contribution is -2.23. The zero-order valence-corrected chi connectivity index (χ0v) is 15.6. The van der Waals surface area contributed by atoms with Crippen molar-refractivity contribution in [2.24, 2.45) is 15.7 Å². The summed E-state index contributed by atoms with van der Waals surface area (Å²) in [5.74, 6) is 0.980. The van der Waals surface area contributed by atoms with Crippen LogP contribution < -0.4 is 5.73 Å². The van der Waals surface area contributed by atoms with E-state index in [1.807, 2.05) is 0 Å². The molecule has 0 bridgehead atoms. The summed E-state index contributed by atoms with van der Waals surface area (Å²) in [6.45, 7) is 9.13.